The molecule has 2 heterocycles. The van der Waals surface area contributed by atoms with Crippen LogP contribution in [-0.4, -0.2) is 57.9 Å². The molecule has 2 saturated heterocycles. The Morgan fingerprint density at radius 2 is 1.84 bits per heavy atom. The van der Waals surface area contributed by atoms with Gasteiger partial charge in [0.2, 0.25) is 11.8 Å². The van der Waals surface area contributed by atoms with Crippen LogP contribution in [0.1, 0.15) is 58.4 Å². The van der Waals surface area contributed by atoms with Crippen LogP contribution < -0.4 is 5.32 Å². The molecule has 8 nitrogen and oxygen atoms in total. The van der Waals surface area contributed by atoms with Crippen LogP contribution in [0.3, 0.4) is 0 Å². The van der Waals surface area contributed by atoms with Crippen molar-refractivity contribution in [1.29, 1.82) is 0 Å². The smallest absolute Gasteiger partial charge is 0.331 e. The number of hydrazine groups is 1. The number of carbonyl (C=O) groups excluding carboxylic acids is 4. The standard InChI is InChI=1S/C23H31N3O5/c1-23(2,3)31-22(30)18-10-7-15-25-20(28)14-12-17(21(29)26(18)25)24-19(27)13-11-16-8-5-4-6-9-16/h4-6,8-9,17-18H,7,10-15H2,1-3H3,(H,24,27). The van der Waals surface area contributed by atoms with E-state index in [0.717, 1.165) is 5.56 Å². The highest BCUT2D eigenvalue weighted by Gasteiger charge is 2.45. The molecule has 2 aliphatic heterocycles. The molecule has 2 aliphatic rings. The maximum Gasteiger partial charge on any atom is 0.331 e. The molecule has 0 radical (unpaired) electrons. The van der Waals surface area contributed by atoms with Crippen LogP contribution in [0.25, 0.3) is 0 Å². The summed E-state index contributed by atoms with van der Waals surface area (Å²) in [5, 5.41) is 5.37. The molecule has 168 valence electrons. The SMILES string of the molecule is CC(C)(C)OC(=O)C1CCCN2C(=O)CCC(NC(=O)CCc3ccccc3)C(=O)N12. The summed E-state index contributed by atoms with van der Waals surface area (Å²) in [4.78, 5) is 51.3. The average Bonchev–Trinajstić information content (AvgIpc) is 2.84. The molecule has 1 aromatic rings. The number of hydrogen-bond donors (Lipinski definition) is 1. The lowest BCUT2D eigenvalue weighted by Gasteiger charge is -2.43. The molecule has 8 heteroatoms. The van der Waals surface area contributed by atoms with E-state index in [1.54, 1.807) is 20.8 Å². The Bertz CT molecular complexity index is 833. The maximum absolute atomic E-state index is 13.3. The summed E-state index contributed by atoms with van der Waals surface area (Å²) in [7, 11) is 0. The van der Waals surface area contributed by atoms with Gasteiger partial charge in [0.15, 0.2) is 6.04 Å². The van der Waals surface area contributed by atoms with E-state index in [0.29, 0.717) is 25.8 Å². The number of rotatable bonds is 5. The summed E-state index contributed by atoms with van der Waals surface area (Å²) in [5.41, 5.74) is 0.329. The number of hydrogen-bond acceptors (Lipinski definition) is 5. The molecule has 0 bridgehead atoms. The van der Waals surface area contributed by atoms with E-state index in [9.17, 15) is 19.2 Å². The third kappa shape index (κ3) is 5.83. The van der Waals surface area contributed by atoms with Crippen molar-refractivity contribution < 1.29 is 23.9 Å². The van der Waals surface area contributed by atoms with Crippen LogP contribution in [0.2, 0.25) is 0 Å². The van der Waals surface area contributed by atoms with Crippen molar-refractivity contribution in [3.63, 3.8) is 0 Å². The van der Waals surface area contributed by atoms with Crippen molar-refractivity contribution >= 4 is 23.7 Å². The average molecular weight is 430 g/mol. The highest BCUT2D eigenvalue weighted by atomic mass is 16.6. The van der Waals surface area contributed by atoms with Crippen molar-refractivity contribution in [2.24, 2.45) is 0 Å². The Hall–Kier alpha value is -2.90. The number of fused-ring (bicyclic) bond motifs is 1. The number of nitrogens with zero attached hydrogens (tertiary/aromatic N) is 2. The second-order valence-electron chi connectivity index (χ2n) is 9.04. The first-order valence-electron chi connectivity index (χ1n) is 10.9. The first kappa shape index (κ1) is 22.8. The molecular formula is C23H31N3O5. The van der Waals surface area contributed by atoms with Crippen LogP contribution in [0, 0.1) is 0 Å². The molecule has 3 rings (SSSR count). The molecular weight excluding hydrogens is 398 g/mol. The highest BCUT2D eigenvalue weighted by Crippen LogP contribution is 2.26. The summed E-state index contributed by atoms with van der Waals surface area (Å²) in [6.45, 7) is 5.66. The van der Waals surface area contributed by atoms with Gasteiger partial charge in [0.1, 0.15) is 11.6 Å². The zero-order chi connectivity index (χ0) is 22.6. The fourth-order valence-electron chi connectivity index (χ4n) is 3.92. The van der Waals surface area contributed by atoms with Crippen LogP contribution in [0.15, 0.2) is 30.3 Å². The van der Waals surface area contributed by atoms with Crippen LogP contribution in [-0.2, 0) is 30.3 Å². The molecule has 0 aromatic heterocycles. The van der Waals surface area contributed by atoms with E-state index < -0.39 is 29.6 Å². The molecule has 0 saturated carbocycles. The number of carbonyl (C=O) groups is 4. The molecule has 31 heavy (non-hydrogen) atoms. The van der Waals surface area contributed by atoms with Gasteiger partial charge in [-0.3, -0.25) is 19.4 Å². The third-order valence-corrected chi connectivity index (χ3v) is 5.36. The van der Waals surface area contributed by atoms with E-state index in [4.69, 9.17) is 4.74 Å². The number of aryl methyl sites for hydroxylation is 1. The first-order valence-corrected chi connectivity index (χ1v) is 10.9. The van der Waals surface area contributed by atoms with Gasteiger partial charge in [0, 0.05) is 19.4 Å². The largest absolute Gasteiger partial charge is 0.458 e. The Labute approximate surface area is 182 Å². The number of amides is 3. The maximum atomic E-state index is 13.3. The fourth-order valence-corrected chi connectivity index (χ4v) is 3.92. The minimum atomic E-state index is -0.869. The highest BCUT2D eigenvalue weighted by molar-refractivity contribution is 5.94. The van der Waals surface area contributed by atoms with Crippen molar-refractivity contribution in [2.75, 3.05) is 6.54 Å². The molecule has 0 spiro atoms. The van der Waals surface area contributed by atoms with Crippen molar-refractivity contribution in [3.8, 4) is 0 Å². The Balaban J connectivity index is 1.71. The van der Waals surface area contributed by atoms with Crippen LogP contribution in [0.4, 0.5) is 0 Å². The van der Waals surface area contributed by atoms with Gasteiger partial charge in [-0.05, 0) is 52.0 Å². The van der Waals surface area contributed by atoms with Gasteiger partial charge in [-0.25, -0.2) is 9.80 Å². The first-order chi connectivity index (χ1) is 14.7. The minimum Gasteiger partial charge on any atom is -0.458 e. The lowest BCUT2D eigenvalue weighted by Crippen LogP contribution is -2.62. The zero-order valence-corrected chi connectivity index (χ0v) is 18.4. The third-order valence-electron chi connectivity index (χ3n) is 5.36. The lowest BCUT2D eigenvalue weighted by molar-refractivity contribution is -0.187. The van der Waals surface area contributed by atoms with Gasteiger partial charge < -0.3 is 10.1 Å². The van der Waals surface area contributed by atoms with Gasteiger partial charge in [-0.1, -0.05) is 30.3 Å². The molecule has 0 aliphatic carbocycles. The summed E-state index contributed by atoms with van der Waals surface area (Å²) < 4.78 is 5.50. The fraction of sp³-hybridized carbons (Fsp3) is 0.565. The predicted molar refractivity (Wildman–Crippen MR) is 113 cm³/mol. The number of ether oxygens (including phenoxy) is 1. The van der Waals surface area contributed by atoms with Gasteiger partial charge in [0.05, 0.1) is 0 Å². The molecule has 1 N–H and O–H groups in total. The number of nitrogens with one attached hydrogen (secondary N) is 1. The lowest BCUT2D eigenvalue weighted by atomic mass is 10.1. The topological polar surface area (TPSA) is 96.0 Å². The predicted octanol–water partition coefficient (Wildman–Crippen LogP) is 1.97. The number of esters is 1. The Morgan fingerprint density at radius 1 is 1.13 bits per heavy atom. The van der Waals surface area contributed by atoms with Crippen molar-refractivity contribution in [3.05, 3.63) is 35.9 Å². The van der Waals surface area contributed by atoms with Gasteiger partial charge in [-0.15, -0.1) is 0 Å². The molecule has 2 atom stereocenters. The van der Waals surface area contributed by atoms with Crippen molar-refractivity contribution in [1.82, 2.24) is 15.3 Å². The second kappa shape index (κ2) is 9.49. The summed E-state index contributed by atoms with van der Waals surface area (Å²) in [6.07, 6.45) is 2.16. The normalized spacial score (nSPS) is 21.9. The minimum absolute atomic E-state index is 0.132. The van der Waals surface area contributed by atoms with E-state index in [1.165, 1.54) is 10.0 Å². The summed E-state index contributed by atoms with van der Waals surface area (Å²) in [5.74, 6) is -1.44. The van der Waals surface area contributed by atoms with Crippen LogP contribution in [0.5, 0.6) is 0 Å². The van der Waals surface area contributed by atoms with Gasteiger partial charge >= 0.3 is 5.97 Å². The summed E-state index contributed by atoms with van der Waals surface area (Å²) >= 11 is 0. The monoisotopic (exact) mass is 429 g/mol. The molecule has 2 unspecified atom stereocenters. The van der Waals surface area contributed by atoms with Crippen molar-refractivity contribution in [2.45, 2.75) is 77.0 Å². The van der Waals surface area contributed by atoms with E-state index in [1.807, 2.05) is 30.3 Å². The van der Waals surface area contributed by atoms with E-state index in [2.05, 4.69) is 5.32 Å². The molecule has 3 amide bonds. The molecule has 2 fully saturated rings. The van der Waals surface area contributed by atoms with Crippen LogP contribution >= 0.6 is 0 Å². The Morgan fingerprint density at radius 3 is 2.52 bits per heavy atom. The van der Waals surface area contributed by atoms with Gasteiger partial charge in [-0.2, -0.15) is 0 Å². The van der Waals surface area contributed by atoms with E-state index >= 15 is 0 Å². The summed E-state index contributed by atoms with van der Waals surface area (Å²) in [6, 6.07) is 7.91. The number of benzene rings is 1. The quantitative estimate of drug-likeness (QED) is 0.722. The van der Waals surface area contributed by atoms with Gasteiger partial charge in [0.25, 0.3) is 5.91 Å². The molecule has 1 aromatic carbocycles. The van der Waals surface area contributed by atoms with E-state index in [-0.39, 0.29) is 31.1 Å². The second-order valence-corrected chi connectivity index (χ2v) is 9.04. The Kier molecular flexibility index (Phi) is 6.97. The zero-order valence-electron chi connectivity index (χ0n) is 18.4.